The van der Waals surface area contributed by atoms with Gasteiger partial charge in [0.15, 0.2) is 6.10 Å². The maximum atomic E-state index is 12.2. The third-order valence-electron chi connectivity index (χ3n) is 3.64. The quantitative estimate of drug-likeness (QED) is 0.505. The number of nitrogens with one attached hydrogen (secondary N) is 1. The number of carbonyl (C=O) groups is 2. The Bertz CT molecular complexity index is 779. The highest BCUT2D eigenvalue weighted by Crippen LogP contribution is 2.20. The first kappa shape index (κ1) is 18.1. The van der Waals surface area contributed by atoms with Crippen molar-refractivity contribution in [2.75, 3.05) is 0 Å². The molecule has 8 heteroatoms. The van der Waals surface area contributed by atoms with Crippen molar-refractivity contribution < 1.29 is 19.6 Å². The second kappa shape index (κ2) is 8.02. The minimum absolute atomic E-state index is 0.153. The van der Waals surface area contributed by atoms with Crippen molar-refractivity contribution in [2.45, 2.75) is 18.6 Å². The Morgan fingerprint density at radius 3 is 2.32 bits per heavy atom. The van der Waals surface area contributed by atoms with Gasteiger partial charge in [-0.25, -0.2) is 0 Å². The summed E-state index contributed by atoms with van der Waals surface area (Å²) in [5, 5.41) is 23.5. The summed E-state index contributed by atoms with van der Waals surface area (Å²) < 4.78 is 0. The topological polar surface area (TPSA) is 136 Å². The van der Waals surface area contributed by atoms with Gasteiger partial charge in [-0.2, -0.15) is 0 Å². The molecule has 25 heavy (non-hydrogen) atoms. The van der Waals surface area contributed by atoms with Crippen molar-refractivity contribution in [3.8, 4) is 0 Å². The van der Waals surface area contributed by atoms with Crippen molar-refractivity contribution in [1.29, 1.82) is 0 Å². The Labute approximate surface area is 143 Å². The van der Waals surface area contributed by atoms with Crippen molar-refractivity contribution >= 4 is 17.5 Å². The lowest BCUT2D eigenvalue weighted by molar-refractivity contribution is -0.385. The number of nitrogens with zero attached hydrogens (tertiary/aromatic N) is 1. The first-order valence-electron chi connectivity index (χ1n) is 7.45. The highest BCUT2D eigenvalue weighted by atomic mass is 16.6. The van der Waals surface area contributed by atoms with E-state index in [-0.39, 0.29) is 17.7 Å². The van der Waals surface area contributed by atoms with Crippen molar-refractivity contribution in [3.63, 3.8) is 0 Å². The van der Waals surface area contributed by atoms with E-state index >= 15 is 0 Å². The van der Waals surface area contributed by atoms with Crippen LogP contribution in [0.15, 0.2) is 54.6 Å². The number of carbonyl (C=O) groups excluding carboxylic acids is 2. The third kappa shape index (κ3) is 4.61. The monoisotopic (exact) mass is 343 g/mol. The van der Waals surface area contributed by atoms with Crippen LogP contribution in [0, 0.1) is 10.1 Å². The van der Waals surface area contributed by atoms with E-state index in [9.17, 15) is 24.8 Å². The number of hydrogen-bond acceptors (Lipinski definition) is 5. The molecular weight excluding hydrogens is 326 g/mol. The molecule has 0 saturated carbocycles. The molecule has 0 aliphatic carbocycles. The predicted octanol–water partition coefficient (Wildman–Crippen LogP) is 0.841. The Hall–Kier alpha value is -3.26. The lowest BCUT2D eigenvalue weighted by Crippen LogP contribution is -2.47. The molecule has 0 heterocycles. The van der Waals surface area contributed by atoms with Gasteiger partial charge in [-0.05, 0) is 5.56 Å². The first-order valence-corrected chi connectivity index (χ1v) is 7.45. The smallest absolute Gasteiger partial charge is 0.272 e. The van der Waals surface area contributed by atoms with Crippen LogP contribution in [-0.4, -0.2) is 27.9 Å². The molecule has 0 saturated heterocycles. The molecule has 0 aliphatic heterocycles. The molecule has 2 aromatic carbocycles. The molecule has 2 amide bonds. The minimum Gasteiger partial charge on any atom is -0.378 e. The summed E-state index contributed by atoms with van der Waals surface area (Å²) in [5.41, 5.74) is 5.73. The zero-order valence-electron chi connectivity index (χ0n) is 13.2. The fraction of sp³-hybridized carbons (Fsp3) is 0.176. The van der Waals surface area contributed by atoms with E-state index < -0.39 is 28.9 Å². The third-order valence-corrected chi connectivity index (χ3v) is 3.64. The zero-order valence-corrected chi connectivity index (χ0v) is 13.2. The number of nitro groups is 1. The number of hydrogen-bond donors (Lipinski definition) is 3. The molecular formula is C17H17N3O5. The van der Waals surface area contributed by atoms with Crippen LogP contribution in [0.3, 0.4) is 0 Å². The first-order chi connectivity index (χ1) is 11.9. The number of nitro benzene ring substituents is 1. The van der Waals surface area contributed by atoms with E-state index in [1.807, 2.05) is 0 Å². The van der Waals surface area contributed by atoms with Crippen LogP contribution in [-0.2, 0) is 16.0 Å². The van der Waals surface area contributed by atoms with Crippen LogP contribution in [0.5, 0.6) is 0 Å². The van der Waals surface area contributed by atoms with Gasteiger partial charge in [0.1, 0.15) is 6.04 Å². The van der Waals surface area contributed by atoms with Gasteiger partial charge in [-0.1, -0.05) is 48.5 Å². The highest BCUT2D eigenvalue weighted by molar-refractivity contribution is 5.89. The average molecular weight is 343 g/mol. The van der Waals surface area contributed by atoms with Crippen LogP contribution in [0.1, 0.15) is 17.2 Å². The van der Waals surface area contributed by atoms with Gasteiger partial charge in [0.25, 0.3) is 11.6 Å². The molecule has 130 valence electrons. The normalized spacial score (nSPS) is 12.8. The lowest BCUT2D eigenvalue weighted by atomic mass is 10.0. The molecule has 0 aromatic heterocycles. The van der Waals surface area contributed by atoms with Crippen molar-refractivity contribution in [1.82, 2.24) is 5.32 Å². The molecule has 0 spiro atoms. The molecule has 0 fully saturated rings. The van der Waals surface area contributed by atoms with Crippen LogP contribution >= 0.6 is 0 Å². The Morgan fingerprint density at radius 2 is 1.72 bits per heavy atom. The molecule has 0 bridgehead atoms. The second-order valence-corrected chi connectivity index (χ2v) is 5.37. The van der Waals surface area contributed by atoms with Crippen LogP contribution < -0.4 is 11.1 Å². The number of nitrogens with two attached hydrogens (primary N) is 1. The Balaban J connectivity index is 2.15. The molecule has 0 radical (unpaired) electrons. The van der Waals surface area contributed by atoms with Gasteiger partial charge in [0.2, 0.25) is 5.91 Å². The van der Waals surface area contributed by atoms with Crippen LogP contribution in [0.2, 0.25) is 0 Å². The molecule has 4 N–H and O–H groups in total. The predicted molar refractivity (Wildman–Crippen MR) is 89.3 cm³/mol. The van der Waals surface area contributed by atoms with E-state index in [4.69, 9.17) is 5.73 Å². The average Bonchev–Trinajstić information content (AvgIpc) is 2.61. The van der Waals surface area contributed by atoms with E-state index in [2.05, 4.69) is 5.32 Å². The standard InChI is InChI=1S/C17H17N3O5/c18-16(22)13(10-12-8-4-5-9-14(12)20(24)25)19-17(23)15(21)11-6-2-1-3-7-11/h1-9,13,15,21H,10H2,(H2,18,22)(H,19,23)/t13-,15+/m1/s1. The summed E-state index contributed by atoms with van der Waals surface area (Å²) in [6.07, 6.45) is -1.63. The maximum absolute atomic E-state index is 12.2. The van der Waals surface area contributed by atoms with E-state index in [1.54, 1.807) is 36.4 Å². The highest BCUT2D eigenvalue weighted by Gasteiger charge is 2.26. The summed E-state index contributed by atoms with van der Waals surface area (Å²) in [7, 11) is 0. The van der Waals surface area contributed by atoms with Gasteiger partial charge < -0.3 is 16.2 Å². The van der Waals surface area contributed by atoms with Crippen LogP contribution in [0.25, 0.3) is 0 Å². The van der Waals surface area contributed by atoms with Crippen molar-refractivity contribution in [3.05, 3.63) is 75.8 Å². The fourth-order valence-corrected chi connectivity index (χ4v) is 2.34. The number of primary amides is 1. The molecule has 2 aromatic rings. The van der Waals surface area contributed by atoms with Gasteiger partial charge in [0, 0.05) is 18.1 Å². The zero-order chi connectivity index (χ0) is 18.4. The Morgan fingerprint density at radius 1 is 1.12 bits per heavy atom. The maximum Gasteiger partial charge on any atom is 0.272 e. The summed E-state index contributed by atoms with van der Waals surface area (Å²) in [5.74, 6) is -1.67. The molecule has 8 nitrogen and oxygen atoms in total. The largest absolute Gasteiger partial charge is 0.378 e. The number of rotatable bonds is 7. The fourth-order valence-electron chi connectivity index (χ4n) is 2.34. The van der Waals surface area contributed by atoms with E-state index in [0.717, 1.165) is 0 Å². The van der Waals surface area contributed by atoms with E-state index in [1.165, 1.54) is 18.2 Å². The Kier molecular flexibility index (Phi) is 5.80. The summed E-state index contributed by atoms with van der Waals surface area (Å²) in [6, 6.07) is 12.8. The van der Waals surface area contributed by atoms with Gasteiger partial charge >= 0.3 is 0 Å². The molecule has 2 rings (SSSR count). The number of aliphatic hydroxyl groups excluding tert-OH is 1. The summed E-state index contributed by atoms with van der Waals surface area (Å²) in [4.78, 5) is 34.3. The number of aliphatic hydroxyl groups is 1. The van der Waals surface area contributed by atoms with Crippen molar-refractivity contribution in [2.24, 2.45) is 5.73 Å². The summed E-state index contributed by atoms with van der Waals surface area (Å²) >= 11 is 0. The van der Waals surface area contributed by atoms with Gasteiger partial charge in [-0.15, -0.1) is 0 Å². The number of benzene rings is 2. The lowest BCUT2D eigenvalue weighted by Gasteiger charge is -2.18. The molecule has 0 aliphatic rings. The van der Waals surface area contributed by atoms with Gasteiger partial charge in [0.05, 0.1) is 4.92 Å². The molecule has 0 unspecified atom stereocenters. The number of para-hydroxylation sites is 1. The van der Waals surface area contributed by atoms with Gasteiger partial charge in [-0.3, -0.25) is 19.7 Å². The minimum atomic E-state index is -1.48. The molecule has 2 atom stereocenters. The second-order valence-electron chi connectivity index (χ2n) is 5.37. The SMILES string of the molecule is NC(=O)[C@@H](Cc1ccccc1[N+](=O)[O-])NC(=O)[C@@H](O)c1ccccc1. The van der Waals surface area contributed by atoms with Crippen LogP contribution in [0.4, 0.5) is 5.69 Å². The summed E-state index contributed by atoms with van der Waals surface area (Å²) in [6.45, 7) is 0. The van der Waals surface area contributed by atoms with E-state index in [0.29, 0.717) is 5.56 Å². The number of amides is 2.